The van der Waals surface area contributed by atoms with E-state index in [1.54, 1.807) is 0 Å². The van der Waals surface area contributed by atoms with Gasteiger partial charge in [0.2, 0.25) is 0 Å². The lowest BCUT2D eigenvalue weighted by molar-refractivity contribution is 0.0968. The van der Waals surface area contributed by atoms with Gasteiger partial charge >= 0.3 is 0 Å². The van der Waals surface area contributed by atoms with Crippen LogP contribution in [0.3, 0.4) is 0 Å². The van der Waals surface area contributed by atoms with Crippen LogP contribution in [0, 0.1) is 9.39 Å². The molecule has 1 aromatic rings. The van der Waals surface area contributed by atoms with Crippen molar-refractivity contribution in [3.63, 3.8) is 0 Å². The van der Waals surface area contributed by atoms with Crippen LogP contribution in [0.2, 0.25) is 0 Å². The zero-order valence-electron chi connectivity index (χ0n) is 6.94. The Morgan fingerprint density at radius 2 is 2.08 bits per heavy atom. The molecule has 0 atom stereocenters. The van der Waals surface area contributed by atoms with Crippen molar-refractivity contribution in [2.75, 3.05) is 0 Å². The van der Waals surface area contributed by atoms with Crippen LogP contribution in [0.15, 0.2) is 12.1 Å². The molecule has 0 amide bonds. The predicted molar refractivity (Wildman–Crippen MR) is 56.4 cm³/mol. The Bertz CT molecular complexity index is 373. The molecule has 1 nitrogen and oxygen atoms in total. The number of aryl methyl sites for hydroxylation is 1. The molecule has 0 heterocycles. The maximum atomic E-state index is 13.4. The van der Waals surface area contributed by atoms with E-state index in [1.807, 2.05) is 6.07 Å². The first-order valence-corrected chi connectivity index (χ1v) is 5.27. The summed E-state index contributed by atoms with van der Waals surface area (Å²) in [6.45, 7) is 0. The number of hydrogen-bond acceptors (Lipinski definition) is 1. The van der Waals surface area contributed by atoms with Crippen molar-refractivity contribution in [1.82, 2.24) is 0 Å². The number of carbonyl (C=O) groups is 1. The van der Waals surface area contributed by atoms with Crippen molar-refractivity contribution in [2.45, 2.75) is 19.3 Å². The topological polar surface area (TPSA) is 17.1 Å². The molecule has 0 fully saturated rings. The largest absolute Gasteiger partial charge is 0.294 e. The Labute approximate surface area is 89.5 Å². The van der Waals surface area contributed by atoms with Gasteiger partial charge in [-0.15, -0.1) is 0 Å². The van der Waals surface area contributed by atoms with E-state index in [9.17, 15) is 9.18 Å². The maximum Gasteiger partial charge on any atom is 0.166 e. The number of Topliss-reactive ketones (excluding diaryl/α,β-unsaturated/α-hetero) is 1. The summed E-state index contributed by atoms with van der Waals surface area (Å²) < 4.78 is 14.2. The van der Waals surface area contributed by atoms with Crippen LogP contribution in [0.1, 0.15) is 28.8 Å². The lowest BCUT2D eigenvalue weighted by Crippen LogP contribution is -2.13. The zero-order chi connectivity index (χ0) is 9.42. The average Bonchev–Trinajstić information content (AvgIpc) is 2.02. The second-order valence-electron chi connectivity index (χ2n) is 3.20. The molecule has 1 aliphatic rings. The lowest BCUT2D eigenvalue weighted by atomic mass is 9.90. The molecule has 0 saturated carbocycles. The van der Waals surface area contributed by atoms with E-state index in [2.05, 4.69) is 22.6 Å². The monoisotopic (exact) mass is 290 g/mol. The van der Waals surface area contributed by atoms with Crippen LogP contribution in [0.25, 0.3) is 0 Å². The van der Waals surface area contributed by atoms with Crippen LogP contribution >= 0.6 is 22.6 Å². The molecule has 0 spiro atoms. The summed E-state index contributed by atoms with van der Waals surface area (Å²) in [6, 6.07) is 3.32. The fraction of sp³-hybridized carbons (Fsp3) is 0.300. The van der Waals surface area contributed by atoms with Crippen LogP contribution < -0.4 is 0 Å². The summed E-state index contributed by atoms with van der Waals surface area (Å²) in [4.78, 5) is 11.4. The van der Waals surface area contributed by atoms with Gasteiger partial charge in [-0.3, -0.25) is 4.79 Å². The van der Waals surface area contributed by atoms with E-state index < -0.39 is 0 Å². The highest BCUT2D eigenvalue weighted by Crippen LogP contribution is 2.25. The van der Waals surface area contributed by atoms with Crippen molar-refractivity contribution < 1.29 is 9.18 Å². The summed E-state index contributed by atoms with van der Waals surface area (Å²) in [6.07, 6.45) is 2.17. The fourth-order valence-corrected chi connectivity index (χ4v) is 2.35. The van der Waals surface area contributed by atoms with Gasteiger partial charge < -0.3 is 0 Å². The van der Waals surface area contributed by atoms with Crippen molar-refractivity contribution in [3.8, 4) is 0 Å². The summed E-state index contributed by atoms with van der Waals surface area (Å²) in [5.41, 5.74) is 1.20. The molecular weight excluding hydrogens is 282 g/mol. The lowest BCUT2D eigenvalue weighted by Gasteiger charge is -2.15. The first kappa shape index (κ1) is 9.12. The first-order chi connectivity index (χ1) is 6.18. The third kappa shape index (κ3) is 1.61. The Hall–Kier alpha value is -0.450. The van der Waals surface area contributed by atoms with Gasteiger partial charge in [0.05, 0.1) is 5.56 Å². The third-order valence-corrected chi connectivity index (χ3v) is 2.89. The second-order valence-corrected chi connectivity index (χ2v) is 4.44. The van der Waals surface area contributed by atoms with Crippen molar-refractivity contribution in [3.05, 3.63) is 32.6 Å². The molecule has 0 bridgehead atoms. The smallest absolute Gasteiger partial charge is 0.166 e. The van der Waals surface area contributed by atoms with E-state index in [0.717, 1.165) is 22.0 Å². The van der Waals surface area contributed by atoms with Crippen LogP contribution in [-0.4, -0.2) is 5.78 Å². The molecule has 13 heavy (non-hydrogen) atoms. The van der Waals surface area contributed by atoms with E-state index in [-0.39, 0.29) is 11.6 Å². The van der Waals surface area contributed by atoms with Crippen LogP contribution in [0.4, 0.5) is 4.39 Å². The number of halogens is 2. The summed E-state index contributed by atoms with van der Waals surface area (Å²) in [7, 11) is 0. The minimum absolute atomic E-state index is 0.0462. The maximum absolute atomic E-state index is 13.4. The van der Waals surface area contributed by atoms with Crippen LogP contribution in [0.5, 0.6) is 0 Å². The molecule has 1 aliphatic carbocycles. The van der Waals surface area contributed by atoms with Crippen molar-refractivity contribution in [1.29, 1.82) is 0 Å². The molecule has 0 N–H and O–H groups in total. The average molecular weight is 290 g/mol. The van der Waals surface area contributed by atoms with E-state index in [4.69, 9.17) is 0 Å². The van der Waals surface area contributed by atoms with E-state index in [1.165, 1.54) is 6.07 Å². The molecule has 2 rings (SSSR count). The van der Waals surface area contributed by atoms with Gasteiger partial charge in [-0.25, -0.2) is 4.39 Å². The molecule has 0 aliphatic heterocycles. The number of carbonyl (C=O) groups excluding carboxylic acids is 1. The Kier molecular flexibility index (Phi) is 2.36. The highest BCUT2D eigenvalue weighted by Gasteiger charge is 2.21. The molecule has 0 unspecified atom stereocenters. The van der Waals surface area contributed by atoms with Crippen LogP contribution in [-0.2, 0) is 6.42 Å². The fourth-order valence-electron chi connectivity index (χ4n) is 1.70. The molecule has 1 aromatic carbocycles. The highest BCUT2D eigenvalue weighted by molar-refractivity contribution is 14.1. The summed E-state index contributed by atoms with van der Waals surface area (Å²) >= 11 is 2.07. The Morgan fingerprint density at radius 1 is 1.31 bits per heavy atom. The van der Waals surface area contributed by atoms with Gasteiger partial charge in [-0.1, -0.05) is 0 Å². The number of fused-ring (bicyclic) bond motifs is 1. The zero-order valence-corrected chi connectivity index (χ0v) is 9.10. The van der Waals surface area contributed by atoms with E-state index >= 15 is 0 Å². The SMILES string of the molecule is O=C1CCCc2cc(I)cc(F)c21. The van der Waals surface area contributed by atoms with Gasteiger partial charge in [0, 0.05) is 9.99 Å². The van der Waals surface area contributed by atoms with E-state index in [0.29, 0.717) is 12.0 Å². The van der Waals surface area contributed by atoms with Gasteiger partial charge in [-0.2, -0.15) is 0 Å². The Balaban J connectivity index is 2.63. The molecule has 0 saturated heterocycles. The summed E-state index contributed by atoms with van der Waals surface area (Å²) in [5.74, 6) is -0.401. The van der Waals surface area contributed by atoms with Crippen molar-refractivity contribution in [2.24, 2.45) is 0 Å². The first-order valence-electron chi connectivity index (χ1n) is 4.19. The highest BCUT2D eigenvalue weighted by atomic mass is 127. The molecule has 68 valence electrons. The van der Waals surface area contributed by atoms with Gasteiger partial charge in [0.15, 0.2) is 5.78 Å². The summed E-state index contributed by atoms with van der Waals surface area (Å²) in [5, 5.41) is 0. The second kappa shape index (κ2) is 3.36. The minimum atomic E-state index is -0.355. The molecule has 3 heteroatoms. The molecular formula is C10H8FIO. The minimum Gasteiger partial charge on any atom is -0.294 e. The standard InChI is InChI=1S/C10H8FIO/c11-8-5-7(12)4-6-2-1-3-9(13)10(6)8/h4-5H,1-3H2. The molecule has 0 aromatic heterocycles. The predicted octanol–water partition coefficient (Wildman–Crippen LogP) is 2.95. The number of benzene rings is 1. The normalized spacial score (nSPS) is 15.7. The molecule has 0 radical (unpaired) electrons. The van der Waals surface area contributed by atoms with Gasteiger partial charge in [0.25, 0.3) is 0 Å². The number of hydrogen-bond donors (Lipinski definition) is 0. The number of ketones is 1. The number of rotatable bonds is 0. The quantitative estimate of drug-likeness (QED) is 0.671. The third-order valence-electron chi connectivity index (χ3n) is 2.27. The van der Waals surface area contributed by atoms with Gasteiger partial charge in [-0.05, 0) is 53.1 Å². The van der Waals surface area contributed by atoms with Gasteiger partial charge in [0.1, 0.15) is 5.82 Å². The van der Waals surface area contributed by atoms with Crippen molar-refractivity contribution >= 4 is 28.4 Å². The Morgan fingerprint density at radius 3 is 2.85 bits per heavy atom.